The van der Waals surface area contributed by atoms with Crippen molar-refractivity contribution in [3.8, 4) is 11.1 Å². The summed E-state index contributed by atoms with van der Waals surface area (Å²) >= 11 is 1.61. The number of nitrogens with zero attached hydrogens (tertiary/aromatic N) is 2. The molecule has 2 atom stereocenters. The number of anilines is 1. The smallest absolute Gasteiger partial charge is 0.295 e. The van der Waals surface area contributed by atoms with Gasteiger partial charge in [-0.15, -0.1) is 0 Å². The number of ether oxygens (including phenoxy) is 1. The van der Waals surface area contributed by atoms with Crippen molar-refractivity contribution in [2.75, 3.05) is 12.0 Å². The molecule has 5 rings (SSSR count). The van der Waals surface area contributed by atoms with Crippen molar-refractivity contribution in [1.29, 1.82) is 0 Å². The number of Topliss-reactive ketones (excluding diaryl/α,β-unsaturated/α-hetero) is 2. The van der Waals surface area contributed by atoms with E-state index in [9.17, 15) is 14.4 Å². The highest BCUT2D eigenvalue weighted by Gasteiger charge is 2.52. The first-order chi connectivity index (χ1) is 17.1. The zero-order valence-corrected chi connectivity index (χ0v) is 19.8. The van der Waals surface area contributed by atoms with Gasteiger partial charge in [-0.25, -0.2) is 0 Å². The molecular weight excluding hydrogens is 460 g/mol. The van der Waals surface area contributed by atoms with Gasteiger partial charge in [-0.05, 0) is 63.3 Å². The lowest BCUT2D eigenvalue weighted by Crippen LogP contribution is -2.31. The van der Waals surface area contributed by atoms with Crippen LogP contribution in [-0.2, 0) is 20.9 Å². The van der Waals surface area contributed by atoms with Gasteiger partial charge < -0.3 is 4.74 Å². The molecule has 7 heteroatoms. The monoisotopic (exact) mass is 482 g/mol. The van der Waals surface area contributed by atoms with Gasteiger partial charge in [0.15, 0.2) is 5.78 Å². The Morgan fingerprint density at radius 3 is 2.49 bits per heavy atom. The zero-order valence-electron chi connectivity index (χ0n) is 19.0. The third-order valence-electron chi connectivity index (χ3n) is 6.21. The summed E-state index contributed by atoms with van der Waals surface area (Å²) < 4.78 is 5.38. The van der Waals surface area contributed by atoms with Crippen LogP contribution in [0.25, 0.3) is 11.1 Å². The van der Waals surface area contributed by atoms with Crippen LogP contribution in [0.15, 0.2) is 89.9 Å². The molecule has 1 aliphatic rings. The molecule has 0 aliphatic carbocycles. The Balaban J connectivity index is 1.63. The third kappa shape index (κ3) is 4.20. The van der Waals surface area contributed by atoms with Crippen molar-refractivity contribution < 1.29 is 19.1 Å². The number of aromatic nitrogens is 1. The molecule has 0 spiro atoms. The first kappa shape index (κ1) is 22.8. The number of rotatable bonds is 7. The van der Waals surface area contributed by atoms with E-state index in [2.05, 4.69) is 4.98 Å². The van der Waals surface area contributed by atoms with E-state index in [1.54, 1.807) is 36.8 Å². The van der Waals surface area contributed by atoms with E-state index in [0.717, 1.165) is 16.7 Å². The number of benzene rings is 2. The molecule has 3 heterocycles. The summed E-state index contributed by atoms with van der Waals surface area (Å²) in [7, 11) is 1.58. The number of ketones is 2. The van der Waals surface area contributed by atoms with Gasteiger partial charge in [0.2, 0.25) is 5.78 Å². The molecule has 35 heavy (non-hydrogen) atoms. The van der Waals surface area contributed by atoms with Crippen LogP contribution in [0.3, 0.4) is 0 Å². The van der Waals surface area contributed by atoms with Gasteiger partial charge in [-0.2, -0.15) is 11.3 Å². The molecule has 1 aliphatic heterocycles. The lowest BCUT2D eigenvalue weighted by atomic mass is 9.85. The number of amides is 1. The van der Waals surface area contributed by atoms with Gasteiger partial charge >= 0.3 is 0 Å². The minimum absolute atomic E-state index is 0.286. The van der Waals surface area contributed by atoms with Crippen LogP contribution >= 0.6 is 11.3 Å². The fourth-order valence-corrected chi connectivity index (χ4v) is 5.24. The minimum atomic E-state index is -1.19. The molecule has 2 unspecified atom stereocenters. The topological polar surface area (TPSA) is 76.6 Å². The Hall–Kier alpha value is -3.94. The third-order valence-corrected chi connectivity index (χ3v) is 6.89. The number of carbonyl (C=O) groups is 3. The number of carbonyl (C=O) groups excluding carboxylic acids is 3. The molecule has 1 amide bonds. The van der Waals surface area contributed by atoms with Gasteiger partial charge in [-0.1, -0.05) is 36.4 Å². The summed E-state index contributed by atoms with van der Waals surface area (Å²) in [5.74, 6) is -3.04. The maximum atomic E-state index is 13.6. The fraction of sp³-hybridized carbons (Fsp3) is 0.143. The summed E-state index contributed by atoms with van der Waals surface area (Å²) in [5, 5.41) is 4.05. The zero-order chi connectivity index (χ0) is 24.4. The number of hydrogen-bond donors (Lipinski definition) is 0. The van der Waals surface area contributed by atoms with E-state index in [1.807, 2.05) is 65.4 Å². The van der Waals surface area contributed by atoms with E-state index in [4.69, 9.17) is 4.74 Å². The second kappa shape index (κ2) is 9.74. The van der Waals surface area contributed by atoms with E-state index in [1.165, 1.54) is 11.1 Å². The maximum absolute atomic E-state index is 13.6. The lowest BCUT2D eigenvalue weighted by molar-refractivity contribution is -0.135. The van der Waals surface area contributed by atoms with E-state index in [-0.39, 0.29) is 6.61 Å². The number of thiophene rings is 1. The predicted octanol–water partition coefficient (Wildman–Crippen LogP) is 5.11. The van der Waals surface area contributed by atoms with E-state index >= 15 is 0 Å². The standard InChI is InChI=1S/C28H22N2O4S/c1-34-16-20-5-2-3-7-23(20)25-24(26(31)19-6-4-13-29-15-19)27(32)28(33)30(25)22-10-8-18(9-11-22)21-12-14-35-17-21/h2-15,17,24-25H,16H2,1H3. The van der Waals surface area contributed by atoms with E-state index in [0.29, 0.717) is 16.8 Å². The SMILES string of the molecule is COCc1ccccc1C1C(C(=O)c2cccnc2)C(=O)C(=O)N1c1ccc(-c2ccsc2)cc1. The summed E-state index contributed by atoms with van der Waals surface area (Å²) in [5.41, 5.74) is 4.46. The Labute approximate surface area is 206 Å². The highest BCUT2D eigenvalue weighted by Crippen LogP contribution is 2.42. The average Bonchev–Trinajstić information content (AvgIpc) is 3.52. The van der Waals surface area contributed by atoms with Crippen LogP contribution in [0.5, 0.6) is 0 Å². The first-order valence-corrected chi connectivity index (χ1v) is 12.1. The van der Waals surface area contributed by atoms with Gasteiger partial charge in [0.25, 0.3) is 5.91 Å². The second-order valence-electron chi connectivity index (χ2n) is 8.26. The van der Waals surface area contributed by atoms with Crippen LogP contribution in [0, 0.1) is 5.92 Å². The van der Waals surface area contributed by atoms with Crippen molar-refractivity contribution >= 4 is 34.5 Å². The second-order valence-corrected chi connectivity index (χ2v) is 9.04. The predicted molar refractivity (Wildman–Crippen MR) is 134 cm³/mol. The van der Waals surface area contributed by atoms with Crippen LogP contribution in [0.2, 0.25) is 0 Å². The Bertz CT molecular complexity index is 1370. The molecule has 1 fully saturated rings. The molecule has 2 aromatic heterocycles. The molecule has 2 aromatic carbocycles. The Morgan fingerprint density at radius 2 is 1.80 bits per heavy atom. The van der Waals surface area contributed by atoms with Crippen LogP contribution in [-0.4, -0.2) is 29.6 Å². The highest BCUT2D eigenvalue weighted by molar-refractivity contribution is 7.08. The number of hydrogen-bond acceptors (Lipinski definition) is 6. The summed E-state index contributed by atoms with van der Waals surface area (Å²) in [4.78, 5) is 45.8. The summed E-state index contributed by atoms with van der Waals surface area (Å²) in [6.45, 7) is 0.286. The Morgan fingerprint density at radius 1 is 1.00 bits per heavy atom. The van der Waals surface area contributed by atoms with Crippen molar-refractivity contribution in [2.45, 2.75) is 12.6 Å². The van der Waals surface area contributed by atoms with Gasteiger partial charge in [0, 0.05) is 30.8 Å². The quantitative estimate of drug-likeness (QED) is 0.208. The van der Waals surface area contributed by atoms with E-state index < -0.39 is 29.4 Å². The van der Waals surface area contributed by atoms with Crippen LogP contribution < -0.4 is 4.90 Å². The number of methoxy groups -OCH3 is 1. The Kier molecular flexibility index (Phi) is 6.35. The lowest BCUT2D eigenvalue weighted by Gasteiger charge is -2.29. The van der Waals surface area contributed by atoms with Gasteiger partial charge in [0.1, 0.15) is 5.92 Å². The maximum Gasteiger partial charge on any atom is 0.295 e. The fourth-order valence-electron chi connectivity index (χ4n) is 4.57. The molecule has 174 valence electrons. The summed E-state index contributed by atoms with van der Waals surface area (Å²) in [6.07, 6.45) is 2.99. The molecular formula is C28H22N2O4S. The van der Waals surface area contributed by atoms with Crippen LogP contribution in [0.1, 0.15) is 27.5 Å². The van der Waals surface area contributed by atoms with Crippen molar-refractivity contribution in [3.05, 3.63) is 107 Å². The van der Waals surface area contributed by atoms with Crippen molar-refractivity contribution in [3.63, 3.8) is 0 Å². The largest absolute Gasteiger partial charge is 0.380 e. The van der Waals surface area contributed by atoms with Crippen molar-refractivity contribution in [1.82, 2.24) is 4.98 Å². The minimum Gasteiger partial charge on any atom is -0.380 e. The highest BCUT2D eigenvalue weighted by atomic mass is 32.1. The molecule has 0 N–H and O–H groups in total. The summed E-state index contributed by atoms with van der Waals surface area (Å²) in [6, 6.07) is 19.4. The number of pyridine rings is 1. The molecule has 0 saturated carbocycles. The average molecular weight is 483 g/mol. The molecule has 4 aromatic rings. The molecule has 1 saturated heterocycles. The molecule has 0 radical (unpaired) electrons. The normalized spacial score (nSPS) is 17.7. The molecule has 0 bridgehead atoms. The van der Waals surface area contributed by atoms with Crippen LogP contribution in [0.4, 0.5) is 5.69 Å². The van der Waals surface area contributed by atoms with Gasteiger partial charge in [0.05, 0.1) is 12.6 Å². The van der Waals surface area contributed by atoms with Gasteiger partial charge in [-0.3, -0.25) is 24.3 Å². The molecule has 6 nitrogen and oxygen atoms in total. The first-order valence-electron chi connectivity index (χ1n) is 11.1. The van der Waals surface area contributed by atoms with Crippen molar-refractivity contribution in [2.24, 2.45) is 5.92 Å².